The van der Waals surface area contributed by atoms with Crippen LogP contribution in [0.25, 0.3) is 22.3 Å². The molecule has 0 fully saturated rings. The van der Waals surface area contributed by atoms with Crippen LogP contribution < -0.4 is 0 Å². The fourth-order valence-electron chi connectivity index (χ4n) is 2.78. The molecule has 0 aliphatic rings. The maximum atomic E-state index is 12.9. The molecule has 0 N–H and O–H groups in total. The molecule has 0 saturated heterocycles. The molecule has 8 heteroatoms. The molecule has 2 aromatic carbocycles. The largest absolute Gasteiger partial charge is 0.454 e. The van der Waals surface area contributed by atoms with Crippen LogP contribution in [0.2, 0.25) is 0 Å². The lowest BCUT2D eigenvalue weighted by Gasteiger charge is -2.08. The van der Waals surface area contributed by atoms with Crippen LogP contribution in [0.1, 0.15) is 22.6 Å². The molecule has 30 heavy (non-hydrogen) atoms. The van der Waals surface area contributed by atoms with Gasteiger partial charge in [-0.1, -0.05) is 60.2 Å². The van der Waals surface area contributed by atoms with Crippen LogP contribution in [0.3, 0.4) is 0 Å². The zero-order valence-electron chi connectivity index (χ0n) is 16.5. The first kappa shape index (κ1) is 19.7. The van der Waals surface area contributed by atoms with E-state index in [4.69, 9.17) is 4.74 Å². The molecule has 0 bridgehead atoms. The minimum atomic E-state index is -0.529. The maximum Gasteiger partial charge on any atom is 0.357 e. The summed E-state index contributed by atoms with van der Waals surface area (Å²) in [6.07, 6.45) is 1.70. The van der Waals surface area contributed by atoms with E-state index in [9.17, 15) is 4.79 Å². The van der Waals surface area contributed by atoms with E-state index >= 15 is 0 Å². The Bertz CT molecular complexity index is 1180. The van der Waals surface area contributed by atoms with Crippen LogP contribution in [0.4, 0.5) is 0 Å². The van der Waals surface area contributed by atoms with Gasteiger partial charge < -0.3 is 4.74 Å². The molecule has 2 heterocycles. The van der Waals surface area contributed by atoms with Crippen LogP contribution in [0.5, 0.6) is 0 Å². The molecule has 7 nitrogen and oxygen atoms in total. The highest BCUT2D eigenvalue weighted by Crippen LogP contribution is 2.24. The summed E-state index contributed by atoms with van der Waals surface area (Å²) in [5, 5.41) is 14.2. The molecule has 0 aliphatic heterocycles. The summed E-state index contributed by atoms with van der Waals surface area (Å²) in [5.41, 5.74) is 4.00. The van der Waals surface area contributed by atoms with E-state index in [-0.39, 0.29) is 12.3 Å². The average molecular weight is 417 g/mol. The highest BCUT2D eigenvalue weighted by Gasteiger charge is 2.18. The average Bonchev–Trinajstić information content (AvgIpc) is 3.41. The Morgan fingerprint density at radius 2 is 1.87 bits per heavy atom. The van der Waals surface area contributed by atoms with Gasteiger partial charge in [0, 0.05) is 10.9 Å². The highest BCUT2D eigenvalue weighted by atomic mass is 32.1. The lowest BCUT2D eigenvalue weighted by atomic mass is 10.2. The predicted octanol–water partition coefficient (Wildman–Crippen LogP) is 4.15. The molecule has 150 valence electrons. The molecule has 0 radical (unpaired) electrons. The molecule has 0 spiro atoms. The second-order valence-corrected chi connectivity index (χ2v) is 7.52. The van der Waals surface area contributed by atoms with Crippen molar-refractivity contribution in [2.24, 2.45) is 0 Å². The van der Waals surface area contributed by atoms with E-state index in [2.05, 4.69) is 20.5 Å². The summed E-state index contributed by atoms with van der Waals surface area (Å²) in [4.78, 5) is 17.4. The van der Waals surface area contributed by atoms with Gasteiger partial charge in [0.15, 0.2) is 11.5 Å². The minimum absolute atomic E-state index is 0.0640. The monoisotopic (exact) mass is 417 g/mol. The molecule has 0 aliphatic carbocycles. The van der Waals surface area contributed by atoms with Crippen molar-refractivity contribution in [1.82, 2.24) is 25.2 Å². The third-order valence-electron chi connectivity index (χ3n) is 4.37. The molecule has 4 rings (SSSR count). The molecule has 0 saturated carbocycles. The topological polar surface area (TPSA) is 82.8 Å². The van der Waals surface area contributed by atoms with E-state index < -0.39 is 5.97 Å². The summed E-state index contributed by atoms with van der Waals surface area (Å²) in [6, 6.07) is 17.6. The van der Waals surface area contributed by atoms with Crippen molar-refractivity contribution in [2.45, 2.75) is 20.5 Å². The second-order valence-electron chi connectivity index (χ2n) is 6.66. The number of esters is 1. The van der Waals surface area contributed by atoms with Gasteiger partial charge in [-0.25, -0.2) is 9.78 Å². The van der Waals surface area contributed by atoms with Crippen molar-refractivity contribution in [3.05, 3.63) is 82.6 Å². The number of tetrazole rings is 1. The lowest BCUT2D eigenvalue weighted by molar-refractivity contribution is -0.138. The van der Waals surface area contributed by atoms with E-state index in [1.165, 1.54) is 21.6 Å². The van der Waals surface area contributed by atoms with Crippen LogP contribution in [0, 0.1) is 13.8 Å². The smallest absolute Gasteiger partial charge is 0.357 e. The molecular weight excluding hydrogens is 398 g/mol. The number of carbonyl (C=O) groups is 1. The van der Waals surface area contributed by atoms with Crippen LogP contribution in [0.15, 0.2) is 60.0 Å². The van der Waals surface area contributed by atoms with Crippen molar-refractivity contribution in [1.29, 1.82) is 0 Å². The van der Waals surface area contributed by atoms with E-state index in [0.717, 1.165) is 16.1 Å². The number of hydrogen-bond donors (Lipinski definition) is 0. The van der Waals surface area contributed by atoms with Gasteiger partial charge in [-0.3, -0.25) is 0 Å². The van der Waals surface area contributed by atoms with Crippen LogP contribution in [-0.2, 0) is 16.1 Å². The van der Waals surface area contributed by atoms with E-state index in [0.29, 0.717) is 11.5 Å². The predicted molar refractivity (Wildman–Crippen MR) is 115 cm³/mol. The van der Waals surface area contributed by atoms with Gasteiger partial charge in [-0.2, -0.15) is 4.68 Å². The number of thiazole rings is 1. The third kappa shape index (κ3) is 4.49. The first-order chi connectivity index (χ1) is 14.6. The van der Waals surface area contributed by atoms with Crippen molar-refractivity contribution in [3.8, 4) is 10.6 Å². The van der Waals surface area contributed by atoms with E-state index in [1.807, 2.05) is 66.9 Å². The molecule has 2 aromatic heterocycles. The lowest BCUT2D eigenvalue weighted by Crippen LogP contribution is -2.15. The number of carbonyl (C=O) groups excluding carboxylic acids is 1. The molecular formula is C22H19N5O2S. The van der Waals surface area contributed by atoms with Gasteiger partial charge in [0.25, 0.3) is 0 Å². The number of ether oxygens (including phenoxy) is 1. The minimum Gasteiger partial charge on any atom is -0.454 e. The maximum absolute atomic E-state index is 12.9. The fourth-order valence-corrected chi connectivity index (χ4v) is 3.59. The third-order valence-corrected chi connectivity index (χ3v) is 5.31. The number of hydrogen-bond acceptors (Lipinski definition) is 7. The first-order valence-electron chi connectivity index (χ1n) is 9.31. The normalized spacial score (nSPS) is 11.5. The molecule has 4 aromatic rings. The standard InChI is InChI=1S/C22H19N5O2S/c1-15-8-10-18(11-9-15)21-23-19(14-30-21)13-29-22(28)20(27-16(2)24-25-26-27)12-17-6-4-3-5-7-17/h3-12,14H,13H2,1-2H3. The van der Waals surface area contributed by atoms with Gasteiger partial charge in [0.05, 0.1) is 5.69 Å². The molecule has 0 unspecified atom stereocenters. The summed E-state index contributed by atoms with van der Waals surface area (Å²) in [6.45, 7) is 3.83. The van der Waals surface area contributed by atoms with Crippen molar-refractivity contribution in [3.63, 3.8) is 0 Å². The number of aromatic nitrogens is 5. The fraction of sp³-hybridized carbons (Fsp3) is 0.136. The SMILES string of the molecule is Cc1ccc(-c2nc(COC(=O)C(=Cc3ccccc3)n3nnnc3C)cs2)cc1. The van der Waals surface area contributed by atoms with Crippen molar-refractivity contribution >= 4 is 29.1 Å². The van der Waals surface area contributed by atoms with Gasteiger partial charge >= 0.3 is 5.97 Å². The van der Waals surface area contributed by atoms with Crippen molar-refractivity contribution in [2.75, 3.05) is 0 Å². The number of nitrogens with zero attached hydrogens (tertiary/aromatic N) is 5. The van der Waals surface area contributed by atoms with Gasteiger partial charge in [-0.15, -0.1) is 16.4 Å². The summed E-state index contributed by atoms with van der Waals surface area (Å²) < 4.78 is 6.90. The van der Waals surface area contributed by atoms with Crippen LogP contribution >= 0.6 is 11.3 Å². The van der Waals surface area contributed by atoms with Gasteiger partial charge in [0.2, 0.25) is 0 Å². The summed E-state index contributed by atoms with van der Waals surface area (Å²) >= 11 is 1.52. The summed E-state index contributed by atoms with van der Waals surface area (Å²) in [7, 11) is 0. The Labute approximate surface area is 177 Å². The van der Waals surface area contributed by atoms with Gasteiger partial charge in [0.1, 0.15) is 11.6 Å². The Balaban J connectivity index is 1.52. The number of benzene rings is 2. The quantitative estimate of drug-likeness (QED) is 0.346. The second kappa shape index (κ2) is 8.79. The molecule has 0 amide bonds. The number of rotatable bonds is 6. The van der Waals surface area contributed by atoms with Gasteiger partial charge in [-0.05, 0) is 35.9 Å². The summed E-state index contributed by atoms with van der Waals surface area (Å²) in [5.74, 6) is -0.0383. The zero-order chi connectivity index (χ0) is 20.9. The zero-order valence-corrected chi connectivity index (χ0v) is 17.3. The highest BCUT2D eigenvalue weighted by molar-refractivity contribution is 7.13. The Morgan fingerprint density at radius 3 is 2.57 bits per heavy atom. The first-order valence-corrected chi connectivity index (χ1v) is 10.2. The van der Waals surface area contributed by atoms with Crippen LogP contribution in [-0.4, -0.2) is 31.2 Å². The Hall–Kier alpha value is -3.65. The number of aryl methyl sites for hydroxylation is 2. The van der Waals surface area contributed by atoms with E-state index in [1.54, 1.807) is 13.0 Å². The Kier molecular flexibility index (Phi) is 5.76. The van der Waals surface area contributed by atoms with Crippen molar-refractivity contribution < 1.29 is 9.53 Å². The Morgan fingerprint density at radius 1 is 1.10 bits per heavy atom. The molecule has 0 atom stereocenters.